The van der Waals surface area contributed by atoms with Crippen molar-refractivity contribution < 1.29 is 13.7 Å². The van der Waals surface area contributed by atoms with E-state index >= 15 is 0 Å². The second-order valence-electron chi connectivity index (χ2n) is 4.43. The number of aryl methyl sites for hydroxylation is 1. The zero-order chi connectivity index (χ0) is 14.4. The molecule has 2 rings (SSSR count). The van der Waals surface area contributed by atoms with Gasteiger partial charge in [0.05, 0.1) is 0 Å². The lowest BCUT2D eigenvalue weighted by Gasteiger charge is -2.09. The minimum Gasteiger partial charge on any atom is -0.483 e. The predicted molar refractivity (Wildman–Crippen MR) is 71.8 cm³/mol. The van der Waals surface area contributed by atoms with Crippen LogP contribution < -0.4 is 10.1 Å². The zero-order valence-electron chi connectivity index (χ0n) is 11.6. The molecule has 20 heavy (non-hydrogen) atoms. The lowest BCUT2D eigenvalue weighted by molar-refractivity contribution is 0.240. The summed E-state index contributed by atoms with van der Waals surface area (Å²) < 4.78 is 23.9. The minimum atomic E-state index is -0.286. The lowest BCUT2D eigenvalue weighted by atomic mass is 10.2. The Morgan fingerprint density at radius 1 is 1.40 bits per heavy atom. The Morgan fingerprint density at radius 3 is 3.00 bits per heavy atom. The van der Waals surface area contributed by atoms with E-state index in [0.29, 0.717) is 24.0 Å². The first-order valence-electron chi connectivity index (χ1n) is 6.60. The molecule has 0 saturated heterocycles. The summed E-state index contributed by atoms with van der Waals surface area (Å²) in [6, 6.07) is 4.41. The van der Waals surface area contributed by atoms with Gasteiger partial charge in [-0.05, 0) is 31.7 Å². The normalized spacial score (nSPS) is 10.8. The van der Waals surface area contributed by atoms with E-state index in [1.165, 1.54) is 12.1 Å². The van der Waals surface area contributed by atoms with E-state index in [-0.39, 0.29) is 12.4 Å². The molecule has 0 radical (unpaired) electrons. The van der Waals surface area contributed by atoms with Crippen LogP contribution in [0.3, 0.4) is 0 Å². The molecule has 5 nitrogen and oxygen atoms in total. The highest BCUT2D eigenvalue weighted by Gasteiger charge is 2.09. The average molecular weight is 279 g/mol. The Hall–Kier alpha value is -1.95. The number of rotatable bonds is 7. The molecule has 0 amide bonds. The van der Waals surface area contributed by atoms with Gasteiger partial charge >= 0.3 is 0 Å². The molecular formula is C14H18FN3O2. The lowest BCUT2D eigenvalue weighted by Crippen LogP contribution is -2.08. The third kappa shape index (κ3) is 3.77. The quantitative estimate of drug-likeness (QED) is 0.843. The van der Waals surface area contributed by atoms with Crippen LogP contribution in [-0.4, -0.2) is 17.2 Å². The van der Waals surface area contributed by atoms with Gasteiger partial charge in [-0.25, -0.2) is 4.39 Å². The first-order valence-corrected chi connectivity index (χ1v) is 6.60. The molecule has 0 atom stereocenters. The Balaban J connectivity index is 2.02. The SMILES string of the molecule is CCCc1noc(COc2ccc(F)cc2CNC)n1. The number of hydrogen-bond donors (Lipinski definition) is 1. The summed E-state index contributed by atoms with van der Waals surface area (Å²) in [5.41, 5.74) is 0.751. The van der Waals surface area contributed by atoms with E-state index in [2.05, 4.69) is 22.4 Å². The Bertz CT molecular complexity index is 557. The first-order chi connectivity index (χ1) is 9.72. The summed E-state index contributed by atoms with van der Waals surface area (Å²) in [6.07, 6.45) is 1.75. The van der Waals surface area contributed by atoms with E-state index in [1.54, 1.807) is 13.1 Å². The third-order valence-corrected chi connectivity index (χ3v) is 2.72. The van der Waals surface area contributed by atoms with E-state index in [1.807, 2.05) is 0 Å². The fraction of sp³-hybridized carbons (Fsp3) is 0.429. The first kappa shape index (κ1) is 14.5. The van der Waals surface area contributed by atoms with Crippen LogP contribution in [0.2, 0.25) is 0 Å². The Morgan fingerprint density at radius 2 is 2.25 bits per heavy atom. The molecule has 1 aromatic carbocycles. The maximum Gasteiger partial charge on any atom is 0.264 e. The number of ether oxygens (including phenoxy) is 1. The van der Waals surface area contributed by atoms with Crippen molar-refractivity contribution in [2.75, 3.05) is 7.05 Å². The summed E-state index contributed by atoms with van der Waals surface area (Å²) in [7, 11) is 1.80. The van der Waals surface area contributed by atoms with E-state index in [9.17, 15) is 4.39 Å². The van der Waals surface area contributed by atoms with Crippen LogP contribution in [0.5, 0.6) is 5.75 Å². The van der Waals surface area contributed by atoms with Crippen LogP contribution in [0, 0.1) is 5.82 Å². The second kappa shape index (κ2) is 7.00. The second-order valence-corrected chi connectivity index (χ2v) is 4.43. The number of halogens is 1. The molecule has 2 aromatic rings. The number of nitrogens with zero attached hydrogens (tertiary/aromatic N) is 2. The Kier molecular flexibility index (Phi) is 5.06. The summed E-state index contributed by atoms with van der Waals surface area (Å²) in [5.74, 6) is 1.43. The highest BCUT2D eigenvalue weighted by atomic mass is 19.1. The van der Waals surface area contributed by atoms with Gasteiger partial charge in [-0.15, -0.1) is 0 Å². The minimum absolute atomic E-state index is 0.180. The Labute approximate surface area is 117 Å². The van der Waals surface area contributed by atoms with Gasteiger partial charge in [-0.1, -0.05) is 12.1 Å². The van der Waals surface area contributed by atoms with Gasteiger partial charge in [0.15, 0.2) is 12.4 Å². The molecule has 1 heterocycles. The van der Waals surface area contributed by atoms with Gasteiger partial charge in [0.25, 0.3) is 5.89 Å². The fourth-order valence-corrected chi connectivity index (χ4v) is 1.83. The van der Waals surface area contributed by atoms with E-state index in [0.717, 1.165) is 18.4 Å². The number of aromatic nitrogens is 2. The summed E-state index contributed by atoms with van der Waals surface area (Å²) >= 11 is 0. The van der Waals surface area contributed by atoms with Crippen molar-refractivity contribution in [2.45, 2.75) is 32.9 Å². The van der Waals surface area contributed by atoms with Gasteiger partial charge in [-0.2, -0.15) is 4.98 Å². The molecule has 0 saturated carbocycles. The maximum atomic E-state index is 13.2. The van der Waals surface area contributed by atoms with E-state index < -0.39 is 0 Å². The smallest absolute Gasteiger partial charge is 0.264 e. The van der Waals surface area contributed by atoms with Gasteiger partial charge in [-0.3, -0.25) is 0 Å². The maximum absolute atomic E-state index is 13.2. The molecule has 0 bridgehead atoms. The van der Waals surface area contributed by atoms with Gasteiger partial charge in [0.1, 0.15) is 11.6 Å². The van der Waals surface area contributed by atoms with Crippen LogP contribution in [0.15, 0.2) is 22.7 Å². The molecule has 108 valence electrons. The molecule has 0 aliphatic heterocycles. The predicted octanol–water partition coefficient (Wildman–Crippen LogP) is 2.46. The van der Waals surface area contributed by atoms with Crippen LogP contribution >= 0.6 is 0 Å². The van der Waals surface area contributed by atoms with Crippen molar-refractivity contribution in [3.63, 3.8) is 0 Å². The molecule has 1 N–H and O–H groups in total. The fourth-order valence-electron chi connectivity index (χ4n) is 1.83. The number of hydrogen-bond acceptors (Lipinski definition) is 5. The zero-order valence-corrected chi connectivity index (χ0v) is 11.6. The van der Waals surface area contributed by atoms with Crippen LogP contribution in [0.4, 0.5) is 4.39 Å². The van der Waals surface area contributed by atoms with Crippen LogP contribution in [0.25, 0.3) is 0 Å². The molecule has 0 unspecified atom stereocenters. The van der Waals surface area contributed by atoms with Crippen LogP contribution in [-0.2, 0) is 19.6 Å². The summed E-state index contributed by atoms with van der Waals surface area (Å²) in [5, 5.41) is 6.83. The molecule has 0 aliphatic carbocycles. The van der Waals surface area contributed by atoms with Gasteiger partial charge in [0, 0.05) is 18.5 Å². The highest BCUT2D eigenvalue weighted by Crippen LogP contribution is 2.20. The van der Waals surface area contributed by atoms with Crippen molar-refractivity contribution in [2.24, 2.45) is 0 Å². The molecule has 0 aliphatic rings. The molecule has 1 aromatic heterocycles. The monoisotopic (exact) mass is 279 g/mol. The highest BCUT2D eigenvalue weighted by molar-refractivity contribution is 5.33. The third-order valence-electron chi connectivity index (χ3n) is 2.72. The van der Waals surface area contributed by atoms with E-state index in [4.69, 9.17) is 9.26 Å². The molecular weight excluding hydrogens is 261 g/mol. The van der Waals surface area contributed by atoms with Gasteiger partial charge in [0.2, 0.25) is 0 Å². The molecule has 6 heteroatoms. The summed E-state index contributed by atoms with van der Waals surface area (Å²) in [4.78, 5) is 4.22. The number of benzene rings is 1. The molecule has 0 spiro atoms. The van der Waals surface area contributed by atoms with Gasteiger partial charge < -0.3 is 14.6 Å². The standard InChI is InChI=1S/C14H18FN3O2/c1-3-4-13-17-14(20-18-13)9-19-12-6-5-11(15)7-10(12)8-16-2/h5-7,16H,3-4,8-9H2,1-2H3. The van der Waals surface area contributed by atoms with Crippen molar-refractivity contribution in [3.05, 3.63) is 41.3 Å². The summed E-state index contributed by atoms with van der Waals surface area (Å²) in [6.45, 7) is 2.76. The molecule has 0 fully saturated rings. The van der Waals surface area contributed by atoms with Crippen LogP contribution in [0.1, 0.15) is 30.6 Å². The average Bonchev–Trinajstić information content (AvgIpc) is 2.86. The number of nitrogens with one attached hydrogen (secondary N) is 1. The van der Waals surface area contributed by atoms with Crippen molar-refractivity contribution in [1.82, 2.24) is 15.5 Å². The van der Waals surface area contributed by atoms with Crippen molar-refractivity contribution in [1.29, 1.82) is 0 Å². The largest absolute Gasteiger partial charge is 0.483 e. The van der Waals surface area contributed by atoms with Crippen molar-refractivity contribution >= 4 is 0 Å². The topological polar surface area (TPSA) is 60.2 Å². The van der Waals surface area contributed by atoms with Crippen molar-refractivity contribution in [3.8, 4) is 5.75 Å².